The summed E-state index contributed by atoms with van der Waals surface area (Å²) in [6.45, 7) is 6.18. The Morgan fingerprint density at radius 3 is 2.77 bits per heavy atom. The van der Waals surface area contributed by atoms with Crippen LogP contribution in [0, 0.1) is 5.41 Å². The molecule has 10 heteroatoms. The molecular formula is C20H28N6O4. The van der Waals surface area contributed by atoms with Gasteiger partial charge in [0.05, 0.1) is 24.0 Å². The van der Waals surface area contributed by atoms with Crippen LogP contribution in [0.25, 0.3) is 0 Å². The molecule has 2 amide bonds. The lowest BCUT2D eigenvalue weighted by Crippen LogP contribution is -2.50. The minimum atomic E-state index is -0.754. The minimum Gasteiger partial charge on any atom is -0.451 e. The van der Waals surface area contributed by atoms with Gasteiger partial charge in [0.1, 0.15) is 18.3 Å². The van der Waals surface area contributed by atoms with Gasteiger partial charge in [-0.1, -0.05) is 26.0 Å². The highest BCUT2D eigenvalue weighted by atomic mass is 16.3. The topological polar surface area (TPSA) is 126 Å². The number of aromatic nitrogens is 4. The molecule has 0 unspecified atom stereocenters. The van der Waals surface area contributed by atoms with Crippen molar-refractivity contribution in [3.63, 3.8) is 0 Å². The highest BCUT2D eigenvalue weighted by Gasteiger charge is 2.45. The number of nitrogens with one attached hydrogen (secondary N) is 1. The Labute approximate surface area is 174 Å². The maximum Gasteiger partial charge on any atom is 0.248 e. The van der Waals surface area contributed by atoms with E-state index >= 15 is 0 Å². The molecule has 0 spiro atoms. The third-order valence-electron chi connectivity index (χ3n) is 5.63. The number of likely N-dealkylation sites (tertiary alicyclic amines) is 1. The maximum absolute atomic E-state index is 13.6. The molecule has 10 nitrogen and oxygen atoms in total. The largest absolute Gasteiger partial charge is 0.451 e. The van der Waals surface area contributed by atoms with Crippen molar-refractivity contribution in [1.29, 1.82) is 0 Å². The maximum atomic E-state index is 13.6. The molecule has 3 atom stereocenters. The van der Waals surface area contributed by atoms with Crippen molar-refractivity contribution in [2.75, 3.05) is 6.54 Å². The van der Waals surface area contributed by atoms with Crippen LogP contribution >= 0.6 is 0 Å². The summed E-state index contributed by atoms with van der Waals surface area (Å²) < 4.78 is 6.52. The lowest BCUT2D eigenvalue weighted by Gasteiger charge is -2.34. The van der Waals surface area contributed by atoms with Crippen molar-refractivity contribution >= 4 is 11.8 Å². The van der Waals surface area contributed by atoms with Crippen molar-refractivity contribution in [2.24, 2.45) is 5.41 Å². The second-order valence-corrected chi connectivity index (χ2v) is 9.26. The van der Waals surface area contributed by atoms with Crippen LogP contribution in [0.4, 0.5) is 0 Å². The van der Waals surface area contributed by atoms with Gasteiger partial charge >= 0.3 is 0 Å². The van der Waals surface area contributed by atoms with Crippen LogP contribution in [0.5, 0.6) is 0 Å². The standard InChI is InChI=1S/C20H28N6O4/c1-20(2,3)17(26-9-15(23-24-26)12-4-5-12)19(29)25-8-14(27)6-16(25)18(28)21-7-13-10-30-11-22-13/h9-12,14,16-17,27H,4-8H2,1-3H3,(H,21,28)/t14-,16+,17-/m1/s1. The van der Waals surface area contributed by atoms with Crippen LogP contribution in [0.2, 0.25) is 0 Å². The number of nitrogens with zero attached hydrogens (tertiary/aromatic N) is 5. The Balaban J connectivity index is 1.53. The summed E-state index contributed by atoms with van der Waals surface area (Å²) >= 11 is 0. The molecule has 2 aromatic heterocycles. The molecule has 1 aliphatic carbocycles. The van der Waals surface area contributed by atoms with E-state index in [4.69, 9.17) is 4.42 Å². The quantitative estimate of drug-likeness (QED) is 0.719. The highest BCUT2D eigenvalue weighted by molar-refractivity contribution is 5.90. The van der Waals surface area contributed by atoms with Crippen LogP contribution in [0.1, 0.15) is 63.4 Å². The van der Waals surface area contributed by atoms with Gasteiger partial charge in [0.15, 0.2) is 6.39 Å². The second kappa shape index (κ2) is 7.82. The summed E-state index contributed by atoms with van der Waals surface area (Å²) in [5.74, 6) is -0.140. The first-order valence-corrected chi connectivity index (χ1v) is 10.3. The van der Waals surface area contributed by atoms with E-state index in [0.29, 0.717) is 11.6 Å². The van der Waals surface area contributed by atoms with Gasteiger partial charge in [-0.15, -0.1) is 5.10 Å². The van der Waals surface area contributed by atoms with Gasteiger partial charge in [-0.3, -0.25) is 9.59 Å². The number of rotatable bonds is 6. The molecule has 1 saturated heterocycles. The molecular weight excluding hydrogens is 388 g/mol. The predicted octanol–water partition coefficient (Wildman–Crippen LogP) is 1.01. The summed E-state index contributed by atoms with van der Waals surface area (Å²) in [6, 6.07) is -1.38. The lowest BCUT2D eigenvalue weighted by atomic mass is 9.85. The number of carbonyl (C=O) groups is 2. The molecule has 2 aliphatic rings. The van der Waals surface area contributed by atoms with Gasteiger partial charge in [0.25, 0.3) is 0 Å². The normalized spacial score (nSPS) is 22.9. The van der Waals surface area contributed by atoms with Gasteiger partial charge in [-0.25, -0.2) is 9.67 Å². The van der Waals surface area contributed by atoms with E-state index < -0.39 is 23.6 Å². The number of amides is 2. The molecule has 1 aliphatic heterocycles. The van der Waals surface area contributed by atoms with Crippen molar-refractivity contribution in [2.45, 2.75) is 70.7 Å². The van der Waals surface area contributed by atoms with Gasteiger partial charge in [-0.2, -0.15) is 0 Å². The number of aliphatic hydroxyl groups excluding tert-OH is 1. The third-order valence-corrected chi connectivity index (χ3v) is 5.63. The summed E-state index contributed by atoms with van der Waals surface area (Å²) in [6.07, 6.45) is 6.21. The monoisotopic (exact) mass is 416 g/mol. The van der Waals surface area contributed by atoms with Gasteiger partial charge in [-0.05, 0) is 18.3 Å². The second-order valence-electron chi connectivity index (χ2n) is 9.26. The van der Waals surface area contributed by atoms with E-state index in [1.165, 1.54) is 17.6 Å². The SMILES string of the molecule is CC(C)(C)[C@@H](C(=O)N1C[C@H](O)C[C@H]1C(=O)NCc1cocn1)n1cc(C2CC2)nn1. The number of hydrogen-bond acceptors (Lipinski definition) is 7. The average Bonchev–Trinajstić information content (AvgIpc) is 3.08. The number of β-amino-alcohol motifs (C(OH)–C–C–N with tert-alkyl or cyclic N) is 1. The van der Waals surface area contributed by atoms with Gasteiger partial charge < -0.3 is 19.7 Å². The van der Waals surface area contributed by atoms with E-state index in [0.717, 1.165) is 18.5 Å². The zero-order chi connectivity index (χ0) is 21.5. The molecule has 2 N–H and O–H groups in total. The smallest absolute Gasteiger partial charge is 0.248 e. The average molecular weight is 416 g/mol. The third kappa shape index (κ3) is 4.23. The van der Waals surface area contributed by atoms with E-state index in [1.807, 2.05) is 27.0 Å². The molecule has 3 heterocycles. The summed E-state index contributed by atoms with van der Waals surface area (Å²) in [7, 11) is 0. The van der Waals surface area contributed by atoms with E-state index in [1.54, 1.807) is 4.68 Å². The summed E-state index contributed by atoms with van der Waals surface area (Å²) in [5, 5.41) is 21.5. The Morgan fingerprint density at radius 1 is 1.37 bits per heavy atom. The predicted molar refractivity (Wildman–Crippen MR) is 105 cm³/mol. The molecule has 2 fully saturated rings. The molecule has 0 aromatic carbocycles. The number of oxazole rings is 1. The minimum absolute atomic E-state index is 0.109. The van der Waals surface area contributed by atoms with Crippen molar-refractivity contribution in [3.05, 3.63) is 30.2 Å². The molecule has 0 radical (unpaired) electrons. The van der Waals surface area contributed by atoms with Gasteiger partial charge in [0, 0.05) is 25.1 Å². The zero-order valence-electron chi connectivity index (χ0n) is 17.5. The van der Waals surface area contributed by atoms with E-state index in [2.05, 4.69) is 20.6 Å². The molecule has 4 rings (SSSR count). The number of hydrogen-bond donors (Lipinski definition) is 2. The van der Waals surface area contributed by atoms with Crippen molar-refractivity contribution < 1.29 is 19.1 Å². The summed E-state index contributed by atoms with van der Waals surface area (Å²) in [4.78, 5) is 31.8. The Hall–Kier alpha value is -2.75. The zero-order valence-corrected chi connectivity index (χ0v) is 17.5. The number of carbonyl (C=O) groups excluding carboxylic acids is 2. The molecule has 1 saturated carbocycles. The van der Waals surface area contributed by atoms with Crippen LogP contribution < -0.4 is 5.32 Å². The molecule has 0 bridgehead atoms. The van der Waals surface area contributed by atoms with Gasteiger partial charge in [0.2, 0.25) is 11.8 Å². The van der Waals surface area contributed by atoms with Crippen molar-refractivity contribution in [1.82, 2.24) is 30.2 Å². The Morgan fingerprint density at radius 2 is 2.13 bits per heavy atom. The van der Waals surface area contributed by atoms with Crippen LogP contribution in [-0.2, 0) is 16.1 Å². The first kappa shape index (κ1) is 20.5. The fraction of sp³-hybridized carbons (Fsp3) is 0.650. The van der Waals surface area contributed by atoms with Crippen LogP contribution in [-0.4, -0.2) is 60.5 Å². The molecule has 162 valence electrons. The van der Waals surface area contributed by atoms with Crippen molar-refractivity contribution in [3.8, 4) is 0 Å². The van der Waals surface area contributed by atoms with Crippen LogP contribution in [0.15, 0.2) is 23.3 Å². The molecule has 30 heavy (non-hydrogen) atoms. The first-order valence-electron chi connectivity index (χ1n) is 10.3. The highest BCUT2D eigenvalue weighted by Crippen LogP contribution is 2.40. The van der Waals surface area contributed by atoms with E-state index in [9.17, 15) is 14.7 Å². The first-order chi connectivity index (χ1) is 14.2. The molecule has 2 aromatic rings. The number of aliphatic hydroxyl groups is 1. The lowest BCUT2D eigenvalue weighted by molar-refractivity contribution is -0.144. The Kier molecular flexibility index (Phi) is 5.35. The van der Waals surface area contributed by atoms with Crippen LogP contribution in [0.3, 0.4) is 0 Å². The fourth-order valence-corrected chi connectivity index (χ4v) is 3.95. The summed E-state index contributed by atoms with van der Waals surface area (Å²) in [5.41, 5.74) is 1.03. The van der Waals surface area contributed by atoms with E-state index in [-0.39, 0.29) is 31.3 Å². The fourth-order valence-electron chi connectivity index (χ4n) is 3.95. The Bertz CT molecular complexity index is 899.